The summed E-state index contributed by atoms with van der Waals surface area (Å²) in [4.78, 5) is 30.6. The zero-order valence-electron chi connectivity index (χ0n) is 14.3. The maximum Gasteiger partial charge on any atom is 0.329 e. The highest BCUT2D eigenvalue weighted by Crippen LogP contribution is 2.16. The number of aromatic amines is 1. The Bertz CT molecular complexity index is 1080. The average molecular weight is 358 g/mol. The quantitative estimate of drug-likeness (QED) is 0.427. The molecule has 0 unspecified atom stereocenters. The summed E-state index contributed by atoms with van der Waals surface area (Å²) >= 11 is 0. The predicted molar refractivity (Wildman–Crippen MR) is 96.8 cm³/mol. The molecule has 0 saturated carbocycles. The van der Waals surface area contributed by atoms with Crippen molar-refractivity contribution in [1.82, 2.24) is 19.1 Å². The molecule has 0 aliphatic heterocycles. The van der Waals surface area contributed by atoms with Crippen molar-refractivity contribution in [1.29, 1.82) is 0 Å². The summed E-state index contributed by atoms with van der Waals surface area (Å²) in [5.41, 5.74) is 2.65. The number of aromatic nitrogens is 4. The normalized spacial score (nSPS) is 11.5. The molecule has 0 aliphatic rings. The molecule has 2 aromatic heterocycles. The van der Waals surface area contributed by atoms with E-state index in [1.165, 1.54) is 17.8 Å². The van der Waals surface area contributed by atoms with Crippen LogP contribution in [0.3, 0.4) is 0 Å². The van der Waals surface area contributed by atoms with E-state index < -0.39 is 11.2 Å². The number of rotatable bonds is 6. The van der Waals surface area contributed by atoms with Crippen molar-refractivity contribution in [2.75, 3.05) is 19.1 Å². The fourth-order valence-electron chi connectivity index (χ4n) is 2.48. The van der Waals surface area contributed by atoms with E-state index in [9.17, 15) is 14.7 Å². The van der Waals surface area contributed by atoms with Crippen molar-refractivity contribution in [3.05, 3.63) is 50.7 Å². The van der Waals surface area contributed by atoms with Gasteiger partial charge in [0.2, 0.25) is 5.95 Å². The number of aryl methyl sites for hydroxylation is 1. The van der Waals surface area contributed by atoms with Gasteiger partial charge in [-0.25, -0.2) is 10.2 Å². The molecule has 0 amide bonds. The van der Waals surface area contributed by atoms with Gasteiger partial charge in [0.25, 0.3) is 5.56 Å². The van der Waals surface area contributed by atoms with Crippen molar-refractivity contribution in [2.45, 2.75) is 6.54 Å². The average Bonchev–Trinajstić information content (AvgIpc) is 2.99. The number of phenols is 1. The second-order valence-electron chi connectivity index (χ2n) is 5.50. The van der Waals surface area contributed by atoms with Crippen molar-refractivity contribution in [3.63, 3.8) is 0 Å². The summed E-state index contributed by atoms with van der Waals surface area (Å²) in [5, 5.41) is 13.8. The van der Waals surface area contributed by atoms with Crippen LogP contribution in [0, 0.1) is 0 Å². The molecule has 0 spiro atoms. The Kier molecular flexibility index (Phi) is 4.85. The lowest BCUT2D eigenvalue weighted by Gasteiger charge is -2.07. The fraction of sp³-hybridized carbons (Fsp3) is 0.250. The fourth-order valence-corrected chi connectivity index (χ4v) is 2.48. The molecule has 0 bridgehead atoms. The number of imidazole rings is 1. The lowest BCUT2D eigenvalue weighted by Crippen LogP contribution is -2.29. The van der Waals surface area contributed by atoms with Gasteiger partial charge >= 0.3 is 5.69 Å². The summed E-state index contributed by atoms with van der Waals surface area (Å²) in [5.74, 6) is 0.361. The number of nitrogens with one attached hydrogen (secondary N) is 2. The molecule has 26 heavy (non-hydrogen) atoms. The first kappa shape index (κ1) is 17.4. The van der Waals surface area contributed by atoms with Gasteiger partial charge in [0.05, 0.1) is 12.8 Å². The summed E-state index contributed by atoms with van der Waals surface area (Å²) in [6, 6.07) is 6.72. The smallest absolute Gasteiger partial charge is 0.329 e. The van der Waals surface area contributed by atoms with Gasteiger partial charge in [-0.2, -0.15) is 10.1 Å². The standard InChI is InChI=1S/C16H18N6O4/c1-21-13-12(14(24)19-16(21)25)22(7-8-26-2)15(18-13)20-17-9-10-5-3-4-6-11(10)23/h3-6,9,23H,7-8H2,1-2H3,(H,18,20)(H,19,24,25). The highest BCUT2D eigenvalue weighted by molar-refractivity contribution is 5.83. The van der Waals surface area contributed by atoms with E-state index in [1.807, 2.05) is 0 Å². The van der Waals surface area contributed by atoms with Crippen LogP contribution in [-0.2, 0) is 18.3 Å². The first-order valence-corrected chi connectivity index (χ1v) is 7.78. The molecule has 136 valence electrons. The summed E-state index contributed by atoms with van der Waals surface area (Å²) < 4.78 is 7.90. The summed E-state index contributed by atoms with van der Waals surface area (Å²) in [6.45, 7) is 0.675. The number of anilines is 1. The van der Waals surface area contributed by atoms with Crippen LogP contribution in [0.15, 0.2) is 39.0 Å². The Morgan fingerprint density at radius 3 is 2.88 bits per heavy atom. The largest absolute Gasteiger partial charge is 0.507 e. The zero-order valence-corrected chi connectivity index (χ0v) is 14.3. The molecular weight excluding hydrogens is 340 g/mol. The number of para-hydroxylation sites is 1. The minimum absolute atomic E-state index is 0.0878. The maximum atomic E-state index is 12.2. The Balaban J connectivity index is 2.03. The maximum absolute atomic E-state index is 12.2. The number of benzene rings is 1. The monoisotopic (exact) mass is 358 g/mol. The van der Waals surface area contributed by atoms with E-state index in [0.29, 0.717) is 18.7 Å². The van der Waals surface area contributed by atoms with Gasteiger partial charge in [0, 0.05) is 26.3 Å². The molecule has 0 saturated heterocycles. The third kappa shape index (κ3) is 3.22. The number of fused-ring (bicyclic) bond motifs is 1. The molecule has 0 fully saturated rings. The van der Waals surface area contributed by atoms with Crippen molar-refractivity contribution < 1.29 is 9.84 Å². The Labute approximate surface area is 147 Å². The number of hydrogen-bond acceptors (Lipinski definition) is 7. The molecule has 0 aliphatic carbocycles. The van der Waals surface area contributed by atoms with Crippen LogP contribution in [0.25, 0.3) is 11.2 Å². The molecule has 2 heterocycles. The number of nitrogens with zero attached hydrogens (tertiary/aromatic N) is 4. The Morgan fingerprint density at radius 2 is 2.15 bits per heavy atom. The number of H-pyrrole nitrogens is 1. The van der Waals surface area contributed by atoms with E-state index in [4.69, 9.17) is 4.74 Å². The van der Waals surface area contributed by atoms with E-state index in [1.54, 1.807) is 35.9 Å². The first-order valence-electron chi connectivity index (χ1n) is 7.78. The molecule has 10 nitrogen and oxygen atoms in total. The van der Waals surface area contributed by atoms with Crippen LogP contribution in [0.4, 0.5) is 5.95 Å². The van der Waals surface area contributed by atoms with Crippen LogP contribution >= 0.6 is 0 Å². The van der Waals surface area contributed by atoms with Gasteiger partial charge in [-0.1, -0.05) is 12.1 Å². The summed E-state index contributed by atoms with van der Waals surface area (Å²) in [7, 11) is 3.06. The van der Waals surface area contributed by atoms with E-state index in [-0.39, 0.29) is 22.9 Å². The Hall–Kier alpha value is -3.40. The molecule has 3 rings (SSSR count). The van der Waals surface area contributed by atoms with Gasteiger partial charge < -0.3 is 14.4 Å². The lowest BCUT2D eigenvalue weighted by molar-refractivity contribution is 0.188. The van der Waals surface area contributed by atoms with Gasteiger partial charge in [0.15, 0.2) is 11.2 Å². The van der Waals surface area contributed by atoms with Gasteiger partial charge in [0.1, 0.15) is 5.75 Å². The Morgan fingerprint density at radius 1 is 1.38 bits per heavy atom. The highest BCUT2D eigenvalue weighted by atomic mass is 16.5. The first-order chi connectivity index (χ1) is 12.5. The van der Waals surface area contributed by atoms with Gasteiger partial charge in [-0.3, -0.25) is 14.3 Å². The zero-order chi connectivity index (χ0) is 18.7. The second kappa shape index (κ2) is 7.23. The highest BCUT2D eigenvalue weighted by Gasteiger charge is 2.16. The van der Waals surface area contributed by atoms with Crippen molar-refractivity contribution in [3.8, 4) is 5.75 Å². The minimum atomic E-state index is -0.553. The molecule has 1 aromatic carbocycles. The molecule has 10 heteroatoms. The SMILES string of the molecule is COCCn1c(NN=Cc2ccccc2O)nc2c1c(=O)[nH]c(=O)n2C. The molecule has 3 aromatic rings. The number of aromatic hydroxyl groups is 1. The van der Waals surface area contributed by atoms with Crippen molar-refractivity contribution in [2.24, 2.45) is 12.1 Å². The number of hydrogen-bond donors (Lipinski definition) is 3. The van der Waals surface area contributed by atoms with Crippen molar-refractivity contribution >= 4 is 23.3 Å². The molecule has 0 radical (unpaired) electrons. The third-order valence-corrected chi connectivity index (χ3v) is 3.83. The van der Waals surface area contributed by atoms with E-state index >= 15 is 0 Å². The van der Waals surface area contributed by atoms with Crippen LogP contribution in [-0.4, -0.2) is 44.1 Å². The number of methoxy groups -OCH3 is 1. The van der Waals surface area contributed by atoms with Crippen LogP contribution in [0.5, 0.6) is 5.75 Å². The minimum Gasteiger partial charge on any atom is -0.507 e. The van der Waals surface area contributed by atoms with E-state index in [2.05, 4.69) is 20.5 Å². The predicted octanol–water partition coefficient (Wildman–Crippen LogP) is 0.221. The summed E-state index contributed by atoms with van der Waals surface area (Å²) in [6.07, 6.45) is 1.43. The number of phenolic OH excluding ortho intramolecular Hbond substituents is 1. The van der Waals surface area contributed by atoms with Crippen LogP contribution in [0.1, 0.15) is 5.56 Å². The molecule has 3 N–H and O–H groups in total. The van der Waals surface area contributed by atoms with Crippen LogP contribution < -0.4 is 16.7 Å². The second-order valence-corrected chi connectivity index (χ2v) is 5.50. The molecule has 0 atom stereocenters. The van der Waals surface area contributed by atoms with E-state index in [0.717, 1.165) is 0 Å². The van der Waals surface area contributed by atoms with Gasteiger partial charge in [-0.15, -0.1) is 0 Å². The number of hydrazone groups is 1. The van der Waals surface area contributed by atoms with Gasteiger partial charge in [-0.05, 0) is 12.1 Å². The van der Waals surface area contributed by atoms with Crippen LogP contribution in [0.2, 0.25) is 0 Å². The lowest BCUT2D eigenvalue weighted by atomic mass is 10.2. The third-order valence-electron chi connectivity index (χ3n) is 3.83. The topological polar surface area (TPSA) is 127 Å². The number of ether oxygens (including phenoxy) is 1. The molecular formula is C16H18N6O4.